The topological polar surface area (TPSA) is 78.7 Å². The Morgan fingerprint density at radius 1 is 0.931 bits per heavy atom. The fourth-order valence-corrected chi connectivity index (χ4v) is 3.40. The average Bonchev–Trinajstić information content (AvgIpc) is 3.18. The molecule has 1 aliphatic heterocycles. The maximum absolute atomic E-state index is 12.9. The number of carbonyl (C=O) groups is 2. The summed E-state index contributed by atoms with van der Waals surface area (Å²) >= 11 is 0. The molecule has 2 aromatic carbocycles. The van der Waals surface area contributed by atoms with Crippen molar-refractivity contribution >= 4 is 23.3 Å². The van der Waals surface area contributed by atoms with Crippen LogP contribution in [0.15, 0.2) is 65.2 Å². The Kier molecular flexibility index (Phi) is 5.29. The maximum atomic E-state index is 12.9. The highest BCUT2D eigenvalue weighted by Crippen LogP contribution is 2.18. The lowest BCUT2D eigenvalue weighted by molar-refractivity contribution is 0.0747. The zero-order valence-electron chi connectivity index (χ0n) is 16.2. The summed E-state index contributed by atoms with van der Waals surface area (Å²) in [5, 5.41) is 6.43. The molecule has 0 saturated carbocycles. The van der Waals surface area contributed by atoms with E-state index in [1.807, 2.05) is 23.1 Å². The number of piperazine rings is 1. The van der Waals surface area contributed by atoms with E-state index in [9.17, 15) is 9.59 Å². The van der Waals surface area contributed by atoms with Crippen LogP contribution in [-0.4, -0.2) is 48.0 Å². The smallest absolute Gasteiger partial charge is 0.256 e. The Labute approximate surface area is 168 Å². The lowest BCUT2D eigenvalue weighted by Gasteiger charge is -2.36. The van der Waals surface area contributed by atoms with E-state index in [0.29, 0.717) is 35.8 Å². The number of para-hydroxylation sites is 1. The van der Waals surface area contributed by atoms with E-state index in [2.05, 4.69) is 27.5 Å². The lowest BCUT2D eigenvalue weighted by Crippen LogP contribution is -2.48. The SMILES string of the molecule is Cc1cc(NC(=O)c2cccc(C(=O)N3CCN(c4ccccc4)CC3)c2)no1. The van der Waals surface area contributed by atoms with E-state index in [1.165, 1.54) is 5.69 Å². The van der Waals surface area contributed by atoms with Crippen LogP contribution in [-0.2, 0) is 0 Å². The zero-order valence-corrected chi connectivity index (χ0v) is 16.2. The summed E-state index contributed by atoms with van der Waals surface area (Å²) in [4.78, 5) is 29.5. The number of hydrogen-bond donors (Lipinski definition) is 1. The molecule has 7 heteroatoms. The monoisotopic (exact) mass is 390 g/mol. The number of nitrogens with one attached hydrogen (secondary N) is 1. The third kappa shape index (κ3) is 4.29. The minimum Gasteiger partial charge on any atom is -0.368 e. The highest BCUT2D eigenvalue weighted by Gasteiger charge is 2.23. The van der Waals surface area contributed by atoms with Crippen molar-refractivity contribution in [1.82, 2.24) is 10.1 Å². The van der Waals surface area contributed by atoms with Crippen LogP contribution in [0.4, 0.5) is 11.5 Å². The van der Waals surface area contributed by atoms with E-state index in [0.717, 1.165) is 13.1 Å². The van der Waals surface area contributed by atoms with Crippen LogP contribution in [0.2, 0.25) is 0 Å². The Balaban J connectivity index is 1.40. The van der Waals surface area contributed by atoms with Crippen molar-refractivity contribution in [2.45, 2.75) is 6.92 Å². The molecule has 1 aliphatic rings. The van der Waals surface area contributed by atoms with Gasteiger partial charge in [-0.3, -0.25) is 9.59 Å². The molecule has 29 heavy (non-hydrogen) atoms. The van der Waals surface area contributed by atoms with Crippen molar-refractivity contribution in [3.63, 3.8) is 0 Å². The van der Waals surface area contributed by atoms with Gasteiger partial charge in [-0.05, 0) is 37.3 Å². The van der Waals surface area contributed by atoms with E-state index in [1.54, 1.807) is 37.3 Å². The third-order valence-corrected chi connectivity index (χ3v) is 4.93. The van der Waals surface area contributed by atoms with Crippen molar-refractivity contribution < 1.29 is 14.1 Å². The Morgan fingerprint density at radius 2 is 1.66 bits per heavy atom. The van der Waals surface area contributed by atoms with Gasteiger partial charge in [-0.25, -0.2) is 0 Å². The molecule has 3 aromatic rings. The maximum Gasteiger partial charge on any atom is 0.256 e. The number of amides is 2. The molecule has 0 bridgehead atoms. The number of carbonyl (C=O) groups excluding carboxylic acids is 2. The predicted octanol–water partition coefficient (Wildman–Crippen LogP) is 3.20. The van der Waals surface area contributed by atoms with Gasteiger partial charge in [0.25, 0.3) is 11.8 Å². The first-order valence-corrected chi connectivity index (χ1v) is 9.54. The van der Waals surface area contributed by atoms with Gasteiger partial charge < -0.3 is 19.6 Å². The largest absolute Gasteiger partial charge is 0.368 e. The normalized spacial score (nSPS) is 14.0. The zero-order chi connectivity index (χ0) is 20.2. The number of anilines is 2. The van der Waals surface area contributed by atoms with Gasteiger partial charge in [0.15, 0.2) is 5.82 Å². The van der Waals surface area contributed by atoms with Crippen LogP contribution < -0.4 is 10.2 Å². The van der Waals surface area contributed by atoms with Crippen molar-refractivity contribution in [3.05, 3.63) is 77.6 Å². The highest BCUT2D eigenvalue weighted by molar-refractivity contribution is 6.05. The lowest BCUT2D eigenvalue weighted by atomic mass is 10.1. The van der Waals surface area contributed by atoms with Gasteiger partial charge in [-0.2, -0.15) is 0 Å². The summed E-state index contributed by atoms with van der Waals surface area (Å²) in [6.45, 7) is 4.59. The number of aromatic nitrogens is 1. The number of aryl methyl sites for hydroxylation is 1. The highest BCUT2D eigenvalue weighted by atomic mass is 16.5. The summed E-state index contributed by atoms with van der Waals surface area (Å²) in [6.07, 6.45) is 0. The van der Waals surface area contributed by atoms with E-state index in [-0.39, 0.29) is 11.8 Å². The van der Waals surface area contributed by atoms with E-state index in [4.69, 9.17) is 4.52 Å². The number of benzene rings is 2. The summed E-state index contributed by atoms with van der Waals surface area (Å²) in [5.41, 5.74) is 2.07. The molecule has 1 aromatic heterocycles. The summed E-state index contributed by atoms with van der Waals surface area (Å²) in [6, 6.07) is 18.6. The molecular formula is C22H22N4O3. The molecule has 7 nitrogen and oxygen atoms in total. The first kappa shape index (κ1) is 18.7. The Bertz CT molecular complexity index is 1010. The molecule has 1 N–H and O–H groups in total. The Hall–Kier alpha value is -3.61. The second-order valence-corrected chi connectivity index (χ2v) is 6.97. The first-order valence-electron chi connectivity index (χ1n) is 9.54. The fraction of sp³-hybridized carbons (Fsp3) is 0.227. The predicted molar refractivity (Wildman–Crippen MR) is 110 cm³/mol. The average molecular weight is 390 g/mol. The third-order valence-electron chi connectivity index (χ3n) is 4.93. The Morgan fingerprint density at radius 3 is 2.34 bits per heavy atom. The fourth-order valence-electron chi connectivity index (χ4n) is 3.40. The van der Waals surface area contributed by atoms with Gasteiger partial charge in [0.1, 0.15) is 5.76 Å². The van der Waals surface area contributed by atoms with E-state index >= 15 is 0 Å². The van der Waals surface area contributed by atoms with Gasteiger partial charge in [-0.15, -0.1) is 0 Å². The van der Waals surface area contributed by atoms with Gasteiger partial charge >= 0.3 is 0 Å². The minimum absolute atomic E-state index is 0.0651. The molecule has 1 saturated heterocycles. The summed E-state index contributed by atoms with van der Waals surface area (Å²) in [7, 11) is 0. The van der Waals surface area contributed by atoms with Crippen LogP contribution in [0.3, 0.4) is 0 Å². The quantitative estimate of drug-likeness (QED) is 0.740. The molecule has 0 atom stereocenters. The van der Waals surface area contributed by atoms with Crippen LogP contribution in [0.25, 0.3) is 0 Å². The van der Waals surface area contributed by atoms with Crippen LogP contribution >= 0.6 is 0 Å². The van der Waals surface area contributed by atoms with Crippen LogP contribution in [0.1, 0.15) is 26.5 Å². The number of nitrogens with zero attached hydrogens (tertiary/aromatic N) is 3. The molecule has 0 radical (unpaired) electrons. The van der Waals surface area contributed by atoms with Crippen LogP contribution in [0.5, 0.6) is 0 Å². The second-order valence-electron chi connectivity index (χ2n) is 6.97. The molecule has 2 amide bonds. The second kappa shape index (κ2) is 8.18. The summed E-state index contributed by atoms with van der Waals surface area (Å²) in [5.74, 6) is 0.562. The molecule has 1 fully saturated rings. The molecule has 0 spiro atoms. The summed E-state index contributed by atoms with van der Waals surface area (Å²) < 4.78 is 4.95. The van der Waals surface area contributed by atoms with Gasteiger partial charge in [0.05, 0.1) is 0 Å². The molecule has 2 heterocycles. The van der Waals surface area contributed by atoms with Gasteiger partial charge in [0, 0.05) is 49.1 Å². The molecule has 148 valence electrons. The van der Waals surface area contributed by atoms with Crippen molar-refractivity contribution in [2.75, 3.05) is 36.4 Å². The number of hydrogen-bond acceptors (Lipinski definition) is 5. The molecule has 4 rings (SSSR count). The molecule has 0 unspecified atom stereocenters. The van der Waals surface area contributed by atoms with Crippen molar-refractivity contribution in [1.29, 1.82) is 0 Å². The number of rotatable bonds is 4. The minimum atomic E-state index is -0.332. The van der Waals surface area contributed by atoms with Crippen LogP contribution in [0, 0.1) is 6.92 Å². The molecule has 0 aliphatic carbocycles. The van der Waals surface area contributed by atoms with Crippen molar-refractivity contribution in [2.24, 2.45) is 0 Å². The van der Waals surface area contributed by atoms with Gasteiger partial charge in [-0.1, -0.05) is 29.4 Å². The first-order chi connectivity index (χ1) is 14.1. The van der Waals surface area contributed by atoms with Gasteiger partial charge in [0.2, 0.25) is 0 Å². The van der Waals surface area contributed by atoms with E-state index < -0.39 is 0 Å². The van der Waals surface area contributed by atoms with Crippen molar-refractivity contribution in [3.8, 4) is 0 Å². The standard InChI is InChI=1S/C22H22N4O3/c1-16-14-20(24-29-16)23-21(27)17-6-5-7-18(15-17)22(28)26-12-10-25(11-13-26)19-8-3-2-4-9-19/h2-9,14-15H,10-13H2,1H3,(H,23,24,27). The molecular weight excluding hydrogens is 368 g/mol.